The third-order valence-electron chi connectivity index (χ3n) is 5.44. The van der Waals surface area contributed by atoms with Crippen LogP contribution in [0, 0.1) is 11.7 Å². The topological polar surface area (TPSA) is 75.9 Å². The molecule has 156 valence electrons. The highest BCUT2D eigenvalue weighted by Crippen LogP contribution is 2.28. The van der Waals surface area contributed by atoms with Gasteiger partial charge >= 0.3 is 0 Å². The van der Waals surface area contributed by atoms with Crippen LogP contribution in [0.3, 0.4) is 0 Å². The zero-order chi connectivity index (χ0) is 21.1. The van der Waals surface area contributed by atoms with Crippen molar-refractivity contribution in [3.8, 4) is 5.69 Å². The Morgan fingerprint density at radius 3 is 2.80 bits per heavy atom. The van der Waals surface area contributed by atoms with Gasteiger partial charge in [0.25, 0.3) is 5.91 Å². The number of halogens is 2. The Morgan fingerprint density at radius 2 is 2.07 bits per heavy atom. The number of hydrogen-bond donors (Lipinski definition) is 1. The van der Waals surface area contributed by atoms with Crippen molar-refractivity contribution in [1.29, 1.82) is 0 Å². The fourth-order valence-electron chi connectivity index (χ4n) is 3.88. The van der Waals surface area contributed by atoms with E-state index in [0.717, 1.165) is 12.8 Å². The number of carbonyl (C=O) groups excluding carboxylic acids is 1. The lowest BCUT2D eigenvalue weighted by Gasteiger charge is -2.40. The number of anilines is 1. The van der Waals surface area contributed by atoms with E-state index >= 15 is 0 Å². The van der Waals surface area contributed by atoms with Gasteiger partial charge in [-0.15, -0.1) is 0 Å². The van der Waals surface area contributed by atoms with Gasteiger partial charge in [-0.2, -0.15) is 15.0 Å². The van der Waals surface area contributed by atoms with Gasteiger partial charge in [0.2, 0.25) is 0 Å². The average molecular weight is 429 g/mol. The predicted molar refractivity (Wildman–Crippen MR) is 112 cm³/mol. The standard InChI is InChI=1S/C21H22ClFN6O/c1-14-4-3-11-28(18(14)13-25-19-8-7-15(22)12-24-19)21(30)20-16(23)5-2-6-17(20)29-26-9-10-27-29/h2,5-10,12,14,18H,3-4,11,13H2,1H3,(H,24,25)/t14-,18?/m1/s1. The number of aromatic nitrogens is 4. The van der Waals surface area contributed by atoms with Crippen LogP contribution in [0.5, 0.6) is 0 Å². The van der Waals surface area contributed by atoms with Gasteiger partial charge in [-0.25, -0.2) is 9.37 Å². The van der Waals surface area contributed by atoms with Crippen LogP contribution < -0.4 is 5.32 Å². The number of piperidine rings is 1. The Kier molecular flexibility index (Phi) is 5.94. The Morgan fingerprint density at radius 1 is 1.27 bits per heavy atom. The quantitative estimate of drug-likeness (QED) is 0.668. The number of nitrogens with zero attached hydrogens (tertiary/aromatic N) is 5. The number of amides is 1. The van der Waals surface area contributed by atoms with E-state index in [2.05, 4.69) is 27.4 Å². The lowest BCUT2D eigenvalue weighted by atomic mass is 9.90. The molecule has 30 heavy (non-hydrogen) atoms. The van der Waals surface area contributed by atoms with Gasteiger partial charge in [-0.1, -0.05) is 24.6 Å². The van der Waals surface area contributed by atoms with Crippen LogP contribution in [-0.2, 0) is 0 Å². The molecule has 0 aliphatic carbocycles. The molecule has 1 aliphatic rings. The van der Waals surface area contributed by atoms with Gasteiger partial charge in [0.05, 0.1) is 23.5 Å². The lowest BCUT2D eigenvalue weighted by molar-refractivity contribution is 0.0535. The summed E-state index contributed by atoms with van der Waals surface area (Å²) in [7, 11) is 0. The molecule has 3 heterocycles. The Labute approximate surface area is 178 Å². The van der Waals surface area contributed by atoms with Crippen LogP contribution in [0.15, 0.2) is 48.9 Å². The van der Waals surface area contributed by atoms with Crippen molar-refractivity contribution in [3.05, 3.63) is 65.3 Å². The lowest BCUT2D eigenvalue weighted by Crippen LogP contribution is -2.51. The second-order valence-electron chi connectivity index (χ2n) is 7.38. The maximum Gasteiger partial charge on any atom is 0.259 e. The first kappa shape index (κ1) is 20.3. The van der Waals surface area contributed by atoms with E-state index in [1.54, 1.807) is 35.4 Å². The molecule has 1 saturated heterocycles. The van der Waals surface area contributed by atoms with Gasteiger partial charge in [0.1, 0.15) is 22.9 Å². The molecule has 1 fully saturated rings. The van der Waals surface area contributed by atoms with Crippen molar-refractivity contribution in [2.45, 2.75) is 25.8 Å². The molecule has 2 aromatic heterocycles. The molecule has 1 aromatic carbocycles. The zero-order valence-corrected chi connectivity index (χ0v) is 17.3. The van der Waals surface area contributed by atoms with Crippen LogP contribution in [0.4, 0.5) is 10.2 Å². The Hall–Kier alpha value is -3.00. The van der Waals surface area contributed by atoms with Crippen LogP contribution in [0.2, 0.25) is 5.02 Å². The monoisotopic (exact) mass is 428 g/mol. The van der Waals surface area contributed by atoms with E-state index in [0.29, 0.717) is 29.6 Å². The summed E-state index contributed by atoms with van der Waals surface area (Å²) in [5, 5.41) is 12.0. The number of benzene rings is 1. The van der Waals surface area contributed by atoms with Crippen LogP contribution in [-0.4, -0.2) is 49.9 Å². The molecule has 3 aromatic rings. The highest BCUT2D eigenvalue weighted by Gasteiger charge is 2.34. The van der Waals surface area contributed by atoms with E-state index in [1.165, 1.54) is 23.3 Å². The van der Waals surface area contributed by atoms with E-state index in [1.807, 2.05) is 0 Å². The first-order chi connectivity index (χ1) is 14.5. The van der Waals surface area contributed by atoms with Gasteiger partial charge in [-0.05, 0) is 43.0 Å². The average Bonchev–Trinajstić information content (AvgIpc) is 3.28. The van der Waals surface area contributed by atoms with E-state index in [-0.39, 0.29) is 23.4 Å². The van der Waals surface area contributed by atoms with Crippen molar-refractivity contribution < 1.29 is 9.18 Å². The van der Waals surface area contributed by atoms with Crippen LogP contribution in [0.25, 0.3) is 5.69 Å². The summed E-state index contributed by atoms with van der Waals surface area (Å²) < 4.78 is 14.8. The van der Waals surface area contributed by atoms with E-state index in [4.69, 9.17) is 11.6 Å². The summed E-state index contributed by atoms with van der Waals surface area (Å²) >= 11 is 5.90. The van der Waals surface area contributed by atoms with Gasteiger partial charge in [0, 0.05) is 19.3 Å². The van der Waals surface area contributed by atoms with Gasteiger partial charge < -0.3 is 10.2 Å². The van der Waals surface area contributed by atoms with Gasteiger partial charge in [0.15, 0.2) is 0 Å². The first-order valence-corrected chi connectivity index (χ1v) is 10.2. The minimum Gasteiger partial charge on any atom is -0.368 e. The summed E-state index contributed by atoms with van der Waals surface area (Å²) in [6.45, 7) is 3.17. The molecule has 0 saturated carbocycles. The number of nitrogens with one attached hydrogen (secondary N) is 1. The minimum atomic E-state index is -0.584. The highest BCUT2D eigenvalue weighted by molar-refractivity contribution is 6.30. The Balaban J connectivity index is 1.61. The van der Waals surface area contributed by atoms with Crippen molar-refractivity contribution >= 4 is 23.3 Å². The number of rotatable bonds is 5. The molecule has 1 N–H and O–H groups in total. The molecule has 1 unspecified atom stereocenters. The minimum absolute atomic E-state index is 0.0163. The number of pyridine rings is 1. The van der Waals surface area contributed by atoms with Gasteiger partial charge in [-0.3, -0.25) is 4.79 Å². The molecule has 0 bridgehead atoms. The summed E-state index contributed by atoms with van der Waals surface area (Å²) in [4.78, 5) is 20.8. The van der Waals surface area contributed by atoms with Crippen molar-refractivity contribution in [2.75, 3.05) is 18.4 Å². The van der Waals surface area contributed by atoms with E-state index < -0.39 is 5.82 Å². The second-order valence-corrected chi connectivity index (χ2v) is 7.82. The molecule has 7 nitrogen and oxygen atoms in total. The first-order valence-electron chi connectivity index (χ1n) is 9.86. The SMILES string of the molecule is C[C@@H]1CCCN(C(=O)c2c(F)cccc2-n2nccn2)C1CNc1ccc(Cl)cn1. The molecule has 1 aliphatic heterocycles. The summed E-state index contributed by atoms with van der Waals surface area (Å²) in [5.74, 6) is -0.0145. The maximum absolute atomic E-state index is 14.8. The van der Waals surface area contributed by atoms with E-state index in [9.17, 15) is 9.18 Å². The highest BCUT2D eigenvalue weighted by atomic mass is 35.5. The van der Waals surface area contributed by atoms with Crippen LogP contribution in [0.1, 0.15) is 30.1 Å². The molecular formula is C21H22ClFN6O. The number of likely N-dealkylation sites (tertiary alicyclic amines) is 1. The molecule has 4 rings (SSSR count). The molecule has 2 atom stereocenters. The smallest absolute Gasteiger partial charge is 0.259 e. The normalized spacial score (nSPS) is 19.0. The van der Waals surface area contributed by atoms with Crippen molar-refractivity contribution in [2.24, 2.45) is 5.92 Å². The molecule has 1 amide bonds. The van der Waals surface area contributed by atoms with Crippen molar-refractivity contribution in [3.63, 3.8) is 0 Å². The zero-order valence-electron chi connectivity index (χ0n) is 16.5. The fourth-order valence-corrected chi connectivity index (χ4v) is 3.99. The second kappa shape index (κ2) is 8.79. The third kappa shape index (κ3) is 4.14. The summed E-state index contributed by atoms with van der Waals surface area (Å²) in [6.07, 6.45) is 6.42. The summed E-state index contributed by atoms with van der Waals surface area (Å²) in [5.41, 5.74) is 0.312. The number of carbonyl (C=O) groups is 1. The Bertz CT molecular complexity index is 1010. The molecule has 0 spiro atoms. The maximum atomic E-state index is 14.8. The number of hydrogen-bond acceptors (Lipinski definition) is 5. The predicted octanol–water partition coefficient (Wildman–Crippen LogP) is 3.81. The van der Waals surface area contributed by atoms with Crippen LogP contribution >= 0.6 is 11.6 Å². The molecular weight excluding hydrogens is 407 g/mol. The van der Waals surface area contributed by atoms with Crippen molar-refractivity contribution in [1.82, 2.24) is 24.9 Å². The largest absolute Gasteiger partial charge is 0.368 e. The summed E-state index contributed by atoms with van der Waals surface area (Å²) in [6, 6.07) is 7.93. The molecule has 9 heteroatoms. The fraction of sp³-hybridized carbons (Fsp3) is 0.333. The third-order valence-corrected chi connectivity index (χ3v) is 5.66. The molecule has 0 radical (unpaired) electrons.